The van der Waals surface area contributed by atoms with Crippen LogP contribution in [0.1, 0.15) is 37.0 Å². The first-order valence-corrected chi connectivity index (χ1v) is 6.50. The molecule has 0 saturated heterocycles. The molecule has 6 heteroatoms. The van der Waals surface area contributed by atoms with E-state index in [9.17, 15) is 14.0 Å². The third-order valence-corrected chi connectivity index (χ3v) is 3.22. The first kappa shape index (κ1) is 15.6. The minimum atomic E-state index is -0.934. The van der Waals surface area contributed by atoms with Crippen molar-refractivity contribution in [1.29, 1.82) is 0 Å². The Morgan fingerprint density at radius 2 is 2.05 bits per heavy atom. The maximum absolute atomic E-state index is 13.7. The van der Waals surface area contributed by atoms with Crippen molar-refractivity contribution in [1.82, 2.24) is 5.32 Å². The van der Waals surface area contributed by atoms with Crippen LogP contribution in [0, 0.1) is 5.82 Å². The minimum absolute atomic E-state index is 0.0613. The van der Waals surface area contributed by atoms with Gasteiger partial charge in [-0.3, -0.25) is 9.59 Å². The van der Waals surface area contributed by atoms with Gasteiger partial charge in [-0.1, -0.05) is 6.07 Å². The number of carbonyl (C=O) groups is 2. The van der Waals surface area contributed by atoms with Crippen molar-refractivity contribution in [2.24, 2.45) is 0 Å². The van der Waals surface area contributed by atoms with Crippen LogP contribution in [-0.2, 0) is 4.79 Å². The number of nitrogens with one attached hydrogen (secondary N) is 1. The number of benzene rings is 1. The normalized spacial score (nSPS) is 11.2. The Kier molecular flexibility index (Phi) is 5.05. The van der Waals surface area contributed by atoms with Crippen molar-refractivity contribution in [3.8, 4) is 0 Å². The molecule has 0 aliphatic carbocycles. The van der Waals surface area contributed by atoms with E-state index in [0.717, 1.165) is 0 Å². The van der Waals surface area contributed by atoms with E-state index in [1.54, 1.807) is 19.9 Å². The molecule has 0 spiro atoms. The Morgan fingerprint density at radius 3 is 2.63 bits per heavy atom. The summed E-state index contributed by atoms with van der Waals surface area (Å²) < 4.78 is 14.0. The summed E-state index contributed by atoms with van der Waals surface area (Å²) in [4.78, 5) is 22.5. The second-order valence-corrected chi connectivity index (χ2v) is 5.69. The Labute approximate surface area is 119 Å². The molecule has 0 radical (unpaired) electrons. The van der Waals surface area contributed by atoms with Crippen LogP contribution >= 0.6 is 15.9 Å². The molecule has 0 unspecified atom stereocenters. The molecule has 1 aromatic carbocycles. The van der Waals surface area contributed by atoms with Crippen LogP contribution in [0.25, 0.3) is 0 Å². The summed E-state index contributed by atoms with van der Waals surface area (Å²) in [5.41, 5.74) is -0.790. The summed E-state index contributed by atoms with van der Waals surface area (Å²) in [5.74, 6) is -2.13. The standard InChI is InChI=1S/C13H15BrFNO3/c1-13(2,7-6-10(17)18)16-12(19)8-4-3-5-9(14)11(8)15/h3-5H,6-7H2,1-2H3,(H,16,19)(H,17,18). The second kappa shape index (κ2) is 6.14. The van der Waals surface area contributed by atoms with Gasteiger partial charge in [-0.05, 0) is 48.3 Å². The highest BCUT2D eigenvalue weighted by Gasteiger charge is 2.24. The number of carboxylic acid groups (broad SMARTS) is 1. The Balaban J connectivity index is 2.79. The highest BCUT2D eigenvalue weighted by atomic mass is 79.9. The molecule has 104 valence electrons. The number of carbonyl (C=O) groups excluding carboxylic acids is 1. The van der Waals surface area contributed by atoms with E-state index in [-0.39, 0.29) is 22.9 Å². The topological polar surface area (TPSA) is 66.4 Å². The molecule has 0 atom stereocenters. The number of aliphatic carboxylic acids is 1. The zero-order valence-corrected chi connectivity index (χ0v) is 12.3. The number of hydrogen-bond acceptors (Lipinski definition) is 2. The molecular formula is C13H15BrFNO3. The lowest BCUT2D eigenvalue weighted by Crippen LogP contribution is -2.44. The largest absolute Gasteiger partial charge is 0.481 e. The van der Waals surface area contributed by atoms with Gasteiger partial charge in [0, 0.05) is 12.0 Å². The molecule has 1 amide bonds. The monoisotopic (exact) mass is 331 g/mol. The van der Waals surface area contributed by atoms with Crippen LogP contribution in [-0.4, -0.2) is 22.5 Å². The van der Waals surface area contributed by atoms with Crippen molar-refractivity contribution < 1.29 is 19.1 Å². The number of rotatable bonds is 5. The third kappa shape index (κ3) is 4.63. The van der Waals surface area contributed by atoms with Gasteiger partial charge in [-0.2, -0.15) is 0 Å². The summed E-state index contributed by atoms with van der Waals surface area (Å²) in [7, 11) is 0. The SMILES string of the molecule is CC(C)(CCC(=O)O)NC(=O)c1cccc(Br)c1F. The maximum Gasteiger partial charge on any atom is 0.303 e. The smallest absolute Gasteiger partial charge is 0.303 e. The van der Waals surface area contributed by atoms with Crippen LogP contribution in [0.5, 0.6) is 0 Å². The molecular weight excluding hydrogens is 317 g/mol. The molecule has 0 heterocycles. The van der Waals surface area contributed by atoms with Crippen LogP contribution in [0.15, 0.2) is 22.7 Å². The van der Waals surface area contributed by atoms with Crippen molar-refractivity contribution in [2.45, 2.75) is 32.2 Å². The van der Waals surface area contributed by atoms with Gasteiger partial charge in [0.25, 0.3) is 5.91 Å². The molecule has 0 aliphatic heterocycles. The molecule has 0 saturated carbocycles. The van der Waals surface area contributed by atoms with Gasteiger partial charge in [-0.15, -0.1) is 0 Å². The summed E-state index contributed by atoms with van der Waals surface area (Å²) >= 11 is 3.01. The minimum Gasteiger partial charge on any atom is -0.481 e. The van der Waals surface area contributed by atoms with Crippen molar-refractivity contribution in [3.05, 3.63) is 34.1 Å². The number of hydrogen-bond donors (Lipinski definition) is 2. The lowest BCUT2D eigenvalue weighted by atomic mass is 9.97. The van der Waals surface area contributed by atoms with E-state index in [2.05, 4.69) is 21.2 Å². The maximum atomic E-state index is 13.7. The van der Waals surface area contributed by atoms with Crippen LogP contribution in [0.4, 0.5) is 4.39 Å². The summed E-state index contributed by atoms with van der Waals surface area (Å²) in [5, 5.41) is 11.3. The number of halogens is 2. The first-order chi connectivity index (χ1) is 8.73. The average molecular weight is 332 g/mol. The fourth-order valence-electron chi connectivity index (χ4n) is 1.54. The Bertz CT molecular complexity index is 503. The average Bonchev–Trinajstić information content (AvgIpc) is 2.29. The van der Waals surface area contributed by atoms with E-state index in [0.29, 0.717) is 0 Å². The van der Waals surface area contributed by atoms with Crippen molar-refractivity contribution >= 4 is 27.8 Å². The first-order valence-electron chi connectivity index (χ1n) is 5.71. The molecule has 4 nitrogen and oxygen atoms in total. The van der Waals surface area contributed by atoms with E-state index >= 15 is 0 Å². The third-order valence-electron chi connectivity index (χ3n) is 2.61. The highest BCUT2D eigenvalue weighted by Crippen LogP contribution is 2.20. The van der Waals surface area contributed by atoms with Gasteiger partial charge in [0.05, 0.1) is 10.0 Å². The van der Waals surface area contributed by atoms with E-state index in [1.807, 2.05) is 0 Å². The van der Waals surface area contributed by atoms with Gasteiger partial charge in [0.15, 0.2) is 0 Å². The summed E-state index contributed by atoms with van der Waals surface area (Å²) in [6.07, 6.45) is 0.206. The molecule has 0 aromatic heterocycles. The van der Waals surface area contributed by atoms with Gasteiger partial charge in [0.1, 0.15) is 5.82 Å². The summed E-state index contributed by atoms with van der Waals surface area (Å²) in [6.45, 7) is 3.40. The Morgan fingerprint density at radius 1 is 1.42 bits per heavy atom. The van der Waals surface area contributed by atoms with Crippen LogP contribution in [0.2, 0.25) is 0 Å². The lowest BCUT2D eigenvalue weighted by molar-refractivity contribution is -0.137. The van der Waals surface area contributed by atoms with E-state index < -0.39 is 23.2 Å². The highest BCUT2D eigenvalue weighted by molar-refractivity contribution is 9.10. The van der Waals surface area contributed by atoms with Crippen molar-refractivity contribution in [3.63, 3.8) is 0 Å². The fraction of sp³-hybridized carbons (Fsp3) is 0.385. The summed E-state index contributed by atoms with van der Waals surface area (Å²) in [6, 6.07) is 4.44. The lowest BCUT2D eigenvalue weighted by Gasteiger charge is -2.25. The predicted molar refractivity (Wildman–Crippen MR) is 72.5 cm³/mol. The van der Waals surface area contributed by atoms with E-state index in [1.165, 1.54) is 12.1 Å². The fourth-order valence-corrected chi connectivity index (χ4v) is 1.90. The molecule has 0 fully saturated rings. The Hall–Kier alpha value is -1.43. The zero-order valence-electron chi connectivity index (χ0n) is 10.7. The number of amides is 1. The molecule has 1 aromatic rings. The van der Waals surface area contributed by atoms with E-state index in [4.69, 9.17) is 5.11 Å². The predicted octanol–water partition coefficient (Wildman–Crippen LogP) is 2.96. The van der Waals surface area contributed by atoms with Gasteiger partial charge < -0.3 is 10.4 Å². The second-order valence-electron chi connectivity index (χ2n) is 4.83. The van der Waals surface area contributed by atoms with Gasteiger partial charge >= 0.3 is 5.97 Å². The molecule has 0 bridgehead atoms. The molecule has 1 rings (SSSR count). The van der Waals surface area contributed by atoms with Gasteiger partial charge in [0.2, 0.25) is 0 Å². The van der Waals surface area contributed by atoms with Crippen molar-refractivity contribution in [2.75, 3.05) is 0 Å². The zero-order chi connectivity index (χ0) is 14.6. The molecule has 2 N–H and O–H groups in total. The van der Waals surface area contributed by atoms with Crippen LogP contribution < -0.4 is 5.32 Å². The number of carboxylic acids is 1. The molecule has 0 aliphatic rings. The molecule has 19 heavy (non-hydrogen) atoms. The van der Waals surface area contributed by atoms with Gasteiger partial charge in [-0.25, -0.2) is 4.39 Å². The van der Waals surface area contributed by atoms with Crippen LogP contribution in [0.3, 0.4) is 0 Å². The quantitative estimate of drug-likeness (QED) is 0.871.